The number of carbonyl (C=O) groups excluding carboxylic acids is 2. The van der Waals surface area contributed by atoms with Gasteiger partial charge >= 0.3 is 0 Å². The normalized spacial score (nSPS) is 15.6. The minimum absolute atomic E-state index is 0.0361. The molecule has 50 heavy (non-hydrogen) atoms. The van der Waals surface area contributed by atoms with Gasteiger partial charge in [-0.2, -0.15) is 0 Å². The SMILES string of the molecule is CCCCC1=NC2(CCCC2)C(=O)N1Cc1ccc(-c2ccccc2S(=O)(=O)Nc2onc(C)c2C)c(CN(C)C(=O)c2c(C)noc2C)c1. The van der Waals surface area contributed by atoms with E-state index in [0.717, 1.165) is 56.3 Å². The second kappa shape index (κ2) is 13.9. The summed E-state index contributed by atoms with van der Waals surface area (Å²) in [5.74, 6) is 1.08. The fourth-order valence-electron chi connectivity index (χ4n) is 6.94. The molecule has 1 spiro atoms. The summed E-state index contributed by atoms with van der Waals surface area (Å²) >= 11 is 0. The second-order valence-corrected chi connectivity index (χ2v) is 15.1. The van der Waals surface area contributed by atoms with Crippen LogP contribution in [0.2, 0.25) is 0 Å². The van der Waals surface area contributed by atoms with Crippen molar-refractivity contribution in [3.05, 3.63) is 81.9 Å². The highest BCUT2D eigenvalue weighted by atomic mass is 32.2. The van der Waals surface area contributed by atoms with Gasteiger partial charge in [-0.25, -0.2) is 13.1 Å². The molecule has 264 valence electrons. The van der Waals surface area contributed by atoms with Crippen LogP contribution in [0.1, 0.15) is 96.1 Å². The van der Waals surface area contributed by atoms with E-state index in [1.807, 2.05) is 23.1 Å². The minimum atomic E-state index is -4.13. The van der Waals surface area contributed by atoms with Gasteiger partial charge in [0.2, 0.25) is 5.88 Å². The molecule has 1 fully saturated rings. The number of aryl methyl sites for hydroxylation is 3. The maximum Gasteiger partial charge on any atom is 0.264 e. The van der Waals surface area contributed by atoms with Crippen molar-refractivity contribution >= 4 is 33.6 Å². The zero-order valence-corrected chi connectivity index (χ0v) is 30.3. The van der Waals surface area contributed by atoms with Gasteiger partial charge < -0.3 is 13.9 Å². The summed E-state index contributed by atoms with van der Waals surface area (Å²) in [5, 5.41) is 7.84. The standard InChI is InChI=1S/C37H44N6O6S/c1-7-8-15-32-38-37(18-11-12-19-37)36(45)43(32)21-27-16-17-29(28(20-27)22-42(6)35(44)33-25(4)40-48-26(33)5)30-13-9-10-14-31(30)50(46,47)41-34-23(2)24(3)39-49-34/h9-10,13-14,16-17,20,41H,7-8,11-12,15,18-19,21-22H2,1-6H3. The highest BCUT2D eigenvalue weighted by Crippen LogP contribution is 2.41. The van der Waals surface area contributed by atoms with E-state index in [9.17, 15) is 18.0 Å². The van der Waals surface area contributed by atoms with Crippen LogP contribution >= 0.6 is 0 Å². The zero-order valence-electron chi connectivity index (χ0n) is 29.5. The summed E-state index contributed by atoms with van der Waals surface area (Å²) in [7, 11) is -2.44. The number of hydrogen-bond donors (Lipinski definition) is 1. The molecule has 12 nitrogen and oxygen atoms in total. The van der Waals surface area contributed by atoms with E-state index in [4.69, 9.17) is 14.0 Å². The van der Waals surface area contributed by atoms with Gasteiger partial charge in [0.05, 0.1) is 22.8 Å². The fourth-order valence-corrected chi connectivity index (χ4v) is 8.21. The molecule has 4 aromatic rings. The van der Waals surface area contributed by atoms with E-state index >= 15 is 0 Å². The summed E-state index contributed by atoms with van der Waals surface area (Å²) < 4.78 is 40.8. The molecule has 2 aromatic heterocycles. The maximum atomic E-state index is 13.9. The zero-order chi connectivity index (χ0) is 35.8. The molecule has 1 saturated carbocycles. The van der Waals surface area contributed by atoms with Gasteiger partial charge in [0.15, 0.2) is 0 Å². The number of benzene rings is 2. The molecular formula is C37H44N6O6S. The Hall–Kier alpha value is -4.78. The summed E-state index contributed by atoms with van der Waals surface area (Å²) in [5.41, 5.74) is 4.01. The summed E-state index contributed by atoms with van der Waals surface area (Å²) in [6.07, 6.45) is 6.16. The molecule has 1 aliphatic heterocycles. The van der Waals surface area contributed by atoms with Gasteiger partial charge in [0.1, 0.15) is 22.7 Å². The third-order valence-electron chi connectivity index (χ3n) is 9.85. The van der Waals surface area contributed by atoms with E-state index in [2.05, 4.69) is 22.0 Å². The lowest BCUT2D eigenvalue weighted by atomic mass is 9.95. The molecular weight excluding hydrogens is 657 g/mol. The van der Waals surface area contributed by atoms with Gasteiger partial charge in [-0.15, -0.1) is 0 Å². The fraction of sp³-hybridized carbons (Fsp3) is 0.432. The molecule has 13 heteroatoms. The van der Waals surface area contributed by atoms with Gasteiger partial charge in [-0.05, 0) is 69.7 Å². The molecule has 2 aromatic carbocycles. The van der Waals surface area contributed by atoms with Crippen LogP contribution in [-0.4, -0.2) is 58.8 Å². The van der Waals surface area contributed by atoms with E-state index in [1.54, 1.807) is 57.8 Å². The van der Waals surface area contributed by atoms with Crippen LogP contribution in [-0.2, 0) is 27.9 Å². The number of aromatic nitrogens is 2. The molecule has 2 amide bonds. The van der Waals surface area contributed by atoms with Crippen molar-refractivity contribution in [2.24, 2.45) is 4.99 Å². The molecule has 0 atom stereocenters. The maximum absolute atomic E-state index is 13.9. The number of sulfonamides is 1. The number of aliphatic imine (C=N–C) groups is 1. The number of carbonyl (C=O) groups is 2. The second-order valence-electron chi connectivity index (χ2n) is 13.4. The van der Waals surface area contributed by atoms with Crippen LogP contribution < -0.4 is 4.72 Å². The van der Waals surface area contributed by atoms with Crippen LogP contribution in [0.3, 0.4) is 0 Å². The van der Waals surface area contributed by atoms with Crippen molar-refractivity contribution in [2.75, 3.05) is 11.8 Å². The quantitative estimate of drug-likeness (QED) is 0.168. The Balaban J connectivity index is 1.40. The molecule has 0 saturated heterocycles. The highest BCUT2D eigenvalue weighted by molar-refractivity contribution is 7.92. The lowest BCUT2D eigenvalue weighted by Crippen LogP contribution is -2.40. The summed E-state index contributed by atoms with van der Waals surface area (Å²) in [4.78, 5) is 36.1. The predicted molar refractivity (Wildman–Crippen MR) is 189 cm³/mol. The number of nitrogens with zero attached hydrogens (tertiary/aromatic N) is 5. The van der Waals surface area contributed by atoms with E-state index < -0.39 is 15.6 Å². The summed E-state index contributed by atoms with van der Waals surface area (Å²) in [6, 6.07) is 12.4. The van der Waals surface area contributed by atoms with Gasteiger partial charge in [0.25, 0.3) is 21.8 Å². The number of amidine groups is 1. The van der Waals surface area contributed by atoms with Crippen LogP contribution in [0.5, 0.6) is 0 Å². The first-order valence-electron chi connectivity index (χ1n) is 17.1. The Morgan fingerprint density at radius 1 is 1.00 bits per heavy atom. The molecule has 0 bridgehead atoms. The molecule has 3 heterocycles. The average molecular weight is 701 g/mol. The Bertz CT molecular complexity index is 2060. The Labute approximate surface area is 293 Å². The highest BCUT2D eigenvalue weighted by Gasteiger charge is 2.49. The van der Waals surface area contributed by atoms with Crippen LogP contribution in [0.4, 0.5) is 5.88 Å². The largest absolute Gasteiger partial charge is 0.361 e. The first-order chi connectivity index (χ1) is 23.8. The summed E-state index contributed by atoms with van der Waals surface area (Å²) in [6.45, 7) is 9.47. The number of unbranched alkanes of at least 4 members (excludes halogenated alkanes) is 1. The van der Waals surface area contributed by atoms with Gasteiger partial charge in [-0.1, -0.05) is 72.9 Å². The third-order valence-corrected chi connectivity index (χ3v) is 11.2. The number of amides is 2. The molecule has 6 rings (SSSR count). The van der Waals surface area contributed by atoms with Crippen molar-refractivity contribution in [1.29, 1.82) is 0 Å². The number of rotatable bonds is 12. The molecule has 2 aliphatic rings. The van der Waals surface area contributed by atoms with E-state index in [-0.39, 0.29) is 29.1 Å². The Morgan fingerprint density at radius 3 is 2.38 bits per heavy atom. The van der Waals surface area contributed by atoms with Crippen molar-refractivity contribution in [3.8, 4) is 11.1 Å². The predicted octanol–water partition coefficient (Wildman–Crippen LogP) is 6.88. The Kier molecular flexibility index (Phi) is 9.71. The van der Waals surface area contributed by atoms with Crippen molar-refractivity contribution in [2.45, 2.75) is 103 Å². The molecule has 0 unspecified atom stereocenters. The van der Waals surface area contributed by atoms with Crippen molar-refractivity contribution < 1.29 is 27.1 Å². The smallest absolute Gasteiger partial charge is 0.264 e. The van der Waals surface area contributed by atoms with Crippen LogP contribution in [0.25, 0.3) is 11.1 Å². The van der Waals surface area contributed by atoms with Crippen LogP contribution in [0, 0.1) is 27.7 Å². The molecule has 1 N–H and O–H groups in total. The first-order valence-corrected chi connectivity index (χ1v) is 18.6. The topological polar surface area (TPSA) is 151 Å². The van der Waals surface area contributed by atoms with E-state index in [1.165, 1.54) is 6.07 Å². The van der Waals surface area contributed by atoms with Crippen LogP contribution in [0.15, 0.2) is 61.4 Å². The number of anilines is 1. The number of hydrogen-bond acceptors (Lipinski definition) is 9. The Morgan fingerprint density at radius 2 is 1.72 bits per heavy atom. The lowest BCUT2D eigenvalue weighted by molar-refractivity contribution is -0.131. The number of nitrogens with one attached hydrogen (secondary N) is 1. The van der Waals surface area contributed by atoms with Gasteiger partial charge in [-0.3, -0.25) is 19.5 Å². The molecule has 1 aliphatic carbocycles. The third kappa shape index (κ3) is 6.58. The van der Waals surface area contributed by atoms with Crippen molar-refractivity contribution in [3.63, 3.8) is 0 Å². The van der Waals surface area contributed by atoms with Gasteiger partial charge in [0, 0.05) is 31.1 Å². The average Bonchev–Trinajstić information content (AvgIpc) is 3.85. The van der Waals surface area contributed by atoms with E-state index in [0.29, 0.717) is 51.5 Å². The first kappa shape index (κ1) is 35.1. The molecule has 0 radical (unpaired) electrons. The lowest BCUT2D eigenvalue weighted by Gasteiger charge is -2.24. The monoisotopic (exact) mass is 700 g/mol. The minimum Gasteiger partial charge on any atom is -0.361 e. The van der Waals surface area contributed by atoms with Crippen molar-refractivity contribution in [1.82, 2.24) is 20.1 Å².